The number of rotatable bonds is 6. The van der Waals surface area contributed by atoms with Gasteiger partial charge in [-0.1, -0.05) is 75.4 Å². The lowest BCUT2D eigenvalue weighted by molar-refractivity contribution is 0.483. The largest absolute Gasteiger partial charge is 0.457 e. The monoisotopic (exact) mass is 698 g/mol. The molecular formula is C46H36F2N4O. The molecule has 0 atom stereocenters. The number of hydrogen-bond acceptors (Lipinski definition) is 4. The third kappa shape index (κ3) is 5.84. The van der Waals surface area contributed by atoms with E-state index < -0.39 is 11.6 Å². The molecule has 260 valence electrons. The first-order valence-corrected chi connectivity index (χ1v) is 17.7. The number of nitrogens with zero attached hydrogens (tertiary/aromatic N) is 4. The minimum absolute atomic E-state index is 0.0211. The zero-order valence-corrected chi connectivity index (χ0v) is 29.6. The number of pyridine rings is 1. The van der Waals surface area contributed by atoms with Crippen molar-refractivity contribution in [3.05, 3.63) is 169 Å². The Morgan fingerprint density at radius 1 is 0.585 bits per heavy atom. The Balaban J connectivity index is 1.07. The van der Waals surface area contributed by atoms with Crippen LogP contribution in [0.25, 0.3) is 38.8 Å². The minimum Gasteiger partial charge on any atom is -0.457 e. The fourth-order valence-electron chi connectivity index (χ4n) is 7.42. The van der Waals surface area contributed by atoms with Crippen molar-refractivity contribution in [2.45, 2.75) is 26.2 Å². The van der Waals surface area contributed by atoms with Crippen molar-refractivity contribution in [2.24, 2.45) is 0 Å². The first-order valence-electron chi connectivity index (χ1n) is 17.7. The molecule has 6 aromatic carbocycles. The van der Waals surface area contributed by atoms with Gasteiger partial charge in [0.05, 0.1) is 28.1 Å². The molecule has 7 heteroatoms. The molecular weight excluding hydrogens is 663 g/mol. The van der Waals surface area contributed by atoms with Gasteiger partial charge < -0.3 is 14.5 Å². The van der Waals surface area contributed by atoms with Crippen LogP contribution in [0.5, 0.6) is 11.5 Å². The van der Waals surface area contributed by atoms with Gasteiger partial charge in [-0.15, -0.1) is 0 Å². The van der Waals surface area contributed by atoms with E-state index in [9.17, 15) is 8.78 Å². The van der Waals surface area contributed by atoms with Crippen LogP contribution in [0.3, 0.4) is 0 Å². The van der Waals surface area contributed by atoms with Crippen molar-refractivity contribution < 1.29 is 13.5 Å². The van der Waals surface area contributed by atoms with Crippen molar-refractivity contribution >= 4 is 44.6 Å². The van der Waals surface area contributed by atoms with E-state index in [1.165, 1.54) is 17.7 Å². The second kappa shape index (κ2) is 12.6. The summed E-state index contributed by atoms with van der Waals surface area (Å²) in [5.41, 5.74) is 8.33. The summed E-state index contributed by atoms with van der Waals surface area (Å²) in [6.07, 6.45) is 1.89. The molecule has 1 aliphatic heterocycles. The van der Waals surface area contributed by atoms with Crippen LogP contribution in [-0.2, 0) is 5.41 Å². The van der Waals surface area contributed by atoms with E-state index in [0.717, 1.165) is 62.0 Å². The molecule has 0 fully saturated rings. The maximum absolute atomic E-state index is 14.3. The fourth-order valence-corrected chi connectivity index (χ4v) is 7.42. The molecule has 0 saturated carbocycles. The third-order valence-corrected chi connectivity index (χ3v) is 9.97. The molecule has 8 aromatic rings. The highest BCUT2D eigenvalue weighted by molar-refractivity contribution is 6.09. The van der Waals surface area contributed by atoms with Gasteiger partial charge in [-0.2, -0.15) is 0 Å². The highest BCUT2D eigenvalue weighted by Crippen LogP contribution is 2.47. The van der Waals surface area contributed by atoms with Crippen LogP contribution in [0.1, 0.15) is 26.3 Å². The first-order chi connectivity index (χ1) is 25.7. The second-order valence-electron chi connectivity index (χ2n) is 14.4. The molecule has 3 heterocycles. The summed E-state index contributed by atoms with van der Waals surface area (Å²) in [5, 5.41) is 2.28. The highest BCUT2D eigenvalue weighted by Gasteiger charge is 2.29. The van der Waals surface area contributed by atoms with Gasteiger partial charge in [0.1, 0.15) is 35.6 Å². The van der Waals surface area contributed by atoms with Crippen LogP contribution in [0.15, 0.2) is 152 Å². The van der Waals surface area contributed by atoms with Gasteiger partial charge in [-0.25, -0.2) is 13.8 Å². The van der Waals surface area contributed by atoms with E-state index in [2.05, 4.69) is 102 Å². The predicted octanol–water partition coefficient (Wildman–Crippen LogP) is 12.5. The summed E-state index contributed by atoms with van der Waals surface area (Å²) in [6.45, 7) is 7.13. The molecule has 1 aliphatic rings. The van der Waals surface area contributed by atoms with Gasteiger partial charge in [0, 0.05) is 46.4 Å². The Bertz CT molecular complexity index is 2660. The number of anilines is 4. The van der Waals surface area contributed by atoms with Crippen molar-refractivity contribution in [1.82, 2.24) is 9.55 Å². The van der Waals surface area contributed by atoms with Crippen LogP contribution in [-0.4, -0.2) is 16.2 Å². The smallest absolute Gasteiger partial charge is 0.137 e. The molecule has 0 spiro atoms. The lowest BCUT2D eigenvalue weighted by atomic mass is 9.88. The SMILES string of the molecule is CC(C)(C)c1ccnc(-n2c3ccccc3c3ccc(Oc4cccc(N5CN(c6ccccc6-c6cc(F)cc(F)c6)c6ccccc65)c4)cc32)c1. The van der Waals surface area contributed by atoms with Gasteiger partial charge in [0.25, 0.3) is 0 Å². The number of halogens is 2. The van der Waals surface area contributed by atoms with Gasteiger partial charge in [0.15, 0.2) is 0 Å². The highest BCUT2D eigenvalue weighted by atomic mass is 19.1. The zero-order chi connectivity index (χ0) is 36.3. The maximum atomic E-state index is 14.3. The third-order valence-electron chi connectivity index (χ3n) is 9.97. The molecule has 9 rings (SSSR count). The second-order valence-corrected chi connectivity index (χ2v) is 14.4. The summed E-state index contributed by atoms with van der Waals surface area (Å²) in [6, 6.07) is 46.5. The van der Waals surface area contributed by atoms with E-state index in [1.54, 1.807) is 0 Å². The van der Waals surface area contributed by atoms with Crippen molar-refractivity contribution in [3.8, 4) is 28.4 Å². The molecule has 0 amide bonds. The van der Waals surface area contributed by atoms with Crippen LogP contribution >= 0.6 is 0 Å². The van der Waals surface area contributed by atoms with E-state index in [4.69, 9.17) is 9.72 Å². The van der Waals surface area contributed by atoms with E-state index >= 15 is 0 Å². The molecule has 0 saturated heterocycles. The lowest BCUT2D eigenvalue weighted by Gasteiger charge is -2.24. The lowest BCUT2D eigenvalue weighted by Crippen LogP contribution is -2.24. The Kier molecular flexibility index (Phi) is 7.73. The summed E-state index contributed by atoms with van der Waals surface area (Å²) in [4.78, 5) is 9.22. The summed E-state index contributed by atoms with van der Waals surface area (Å²) >= 11 is 0. The zero-order valence-electron chi connectivity index (χ0n) is 29.6. The molecule has 0 aliphatic carbocycles. The molecule has 53 heavy (non-hydrogen) atoms. The number of fused-ring (bicyclic) bond motifs is 4. The molecule has 5 nitrogen and oxygen atoms in total. The van der Waals surface area contributed by atoms with Crippen LogP contribution in [0.2, 0.25) is 0 Å². The number of aromatic nitrogens is 2. The fraction of sp³-hybridized carbons (Fsp3) is 0.109. The summed E-state index contributed by atoms with van der Waals surface area (Å²) in [5.74, 6) is 1.06. The Morgan fingerprint density at radius 3 is 2.06 bits per heavy atom. The number of benzene rings is 6. The van der Waals surface area contributed by atoms with Gasteiger partial charge >= 0.3 is 0 Å². The van der Waals surface area contributed by atoms with E-state index in [-0.39, 0.29) is 5.41 Å². The molecule has 0 unspecified atom stereocenters. The standard InChI is InChI=1S/C46H36F2N4O/c1-46(2,3)31-21-22-49-45(25-31)52-41-16-7-5-14-38(41)39-20-19-36(28-44(39)52)53-35-12-10-11-34(27-35)50-29-51(43-18-9-8-17-42(43)50)40-15-6-4-13-37(40)30-23-32(47)26-33(48)24-30/h4-28H,29H2,1-3H3. The quantitative estimate of drug-likeness (QED) is 0.173. The number of ether oxygens (including phenoxy) is 1. The molecule has 0 bridgehead atoms. The van der Waals surface area contributed by atoms with Crippen molar-refractivity contribution in [3.63, 3.8) is 0 Å². The number of para-hydroxylation sites is 4. The van der Waals surface area contributed by atoms with E-state index in [1.807, 2.05) is 66.9 Å². The molecule has 2 aromatic heterocycles. The normalized spacial score (nSPS) is 12.8. The van der Waals surface area contributed by atoms with Crippen LogP contribution in [0.4, 0.5) is 31.5 Å². The topological polar surface area (TPSA) is 33.5 Å². The first kappa shape index (κ1) is 32.4. The Morgan fingerprint density at radius 2 is 1.26 bits per heavy atom. The Hall–Kier alpha value is -6.47. The maximum Gasteiger partial charge on any atom is 0.137 e. The minimum atomic E-state index is -0.609. The van der Waals surface area contributed by atoms with Crippen LogP contribution < -0.4 is 14.5 Å². The summed E-state index contributed by atoms with van der Waals surface area (Å²) in [7, 11) is 0. The average molecular weight is 699 g/mol. The number of hydrogen-bond donors (Lipinski definition) is 0. The predicted molar refractivity (Wildman–Crippen MR) is 211 cm³/mol. The van der Waals surface area contributed by atoms with Crippen molar-refractivity contribution in [2.75, 3.05) is 16.5 Å². The van der Waals surface area contributed by atoms with Gasteiger partial charge in [-0.3, -0.25) is 4.57 Å². The van der Waals surface area contributed by atoms with Crippen LogP contribution in [0, 0.1) is 11.6 Å². The summed E-state index contributed by atoms with van der Waals surface area (Å²) < 4.78 is 37.5. The molecule has 0 N–H and O–H groups in total. The van der Waals surface area contributed by atoms with Gasteiger partial charge in [-0.05, 0) is 89.3 Å². The van der Waals surface area contributed by atoms with Gasteiger partial charge in [0.2, 0.25) is 0 Å². The van der Waals surface area contributed by atoms with Crippen molar-refractivity contribution in [1.29, 1.82) is 0 Å². The Labute approximate surface area is 307 Å². The molecule has 0 radical (unpaired) electrons. The average Bonchev–Trinajstić information content (AvgIpc) is 3.70. The van der Waals surface area contributed by atoms with E-state index in [0.29, 0.717) is 23.7 Å².